The van der Waals surface area contributed by atoms with E-state index in [-0.39, 0.29) is 33.4 Å². The van der Waals surface area contributed by atoms with Crippen molar-refractivity contribution >= 4 is 50.5 Å². The Hall–Kier alpha value is -4.94. The molecule has 0 amide bonds. The van der Waals surface area contributed by atoms with Crippen molar-refractivity contribution in [1.82, 2.24) is 9.97 Å². The number of aromatic nitrogens is 2. The first-order valence-corrected chi connectivity index (χ1v) is 10.8. The number of nitro benzene ring substituents is 2. The molecule has 12 heteroatoms. The summed E-state index contributed by atoms with van der Waals surface area (Å²) in [5.74, 6) is -1.08. The predicted molar refractivity (Wildman–Crippen MR) is 136 cm³/mol. The van der Waals surface area contributed by atoms with E-state index in [1.165, 1.54) is 12.3 Å². The fourth-order valence-corrected chi connectivity index (χ4v) is 3.86. The van der Waals surface area contributed by atoms with Crippen LogP contribution in [0.2, 0.25) is 0 Å². The van der Waals surface area contributed by atoms with E-state index in [9.17, 15) is 20.2 Å². The number of pyridine rings is 2. The maximum Gasteiger partial charge on any atom is 2.00 e. The van der Waals surface area contributed by atoms with Gasteiger partial charge < -0.3 is 15.2 Å². The summed E-state index contributed by atoms with van der Waals surface area (Å²) in [5.41, 5.74) is 2.07. The van der Waals surface area contributed by atoms with Crippen LogP contribution in [-0.4, -0.2) is 25.8 Å². The van der Waals surface area contributed by atoms with E-state index >= 15 is 0 Å². The van der Waals surface area contributed by atoms with Crippen molar-refractivity contribution in [2.45, 2.75) is 6.92 Å². The molecule has 0 aliphatic heterocycles. The number of carboxylic acid groups (broad SMARTS) is 1. The SMILES string of the molecule is CC(=O)[O-].O=[N+]([O-])c1cc([N+](=O)[O-])c2cccnc2c1[N-]c1cccc2nccc(-c3ccccc3)c12.[Co+2]. The summed E-state index contributed by atoms with van der Waals surface area (Å²) in [6, 6.07) is 20.8. The van der Waals surface area contributed by atoms with Crippen LogP contribution in [0.1, 0.15) is 6.92 Å². The van der Waals surface area contributed by atoms with E-state index in [1.807, 2.05) is 42.5 Å². The van der Waals surface area contributed by atoms with Crippen LogP contribution in [-0.2, 0) is 21.6 Å². The number of nitro groups is 2. The fourth-order valence-electron chi connectivity index (χ4n) is 3.86. The van der Waals surface area contributed by atoms with Crippen molar-refractivity contribution in [3.63, 3.8) is 0 Å². The fraction of sp³-hybridized carbons (Fsp3) is 0.0385. The standard InChI is InChI=1S/C24H14N5O4.C2H4O2.Co/c30-28(31)20-14-21(29(32)33)24(23-17(20)8-5-12-26-23)27-19-10-4-9-18-22(19)16(11-13-25-18)15-6-2-1-3-7-15;1-2(3)4;/h1-14H;1H3,(H,3,4);/q-1;;+2/p-1. The van der Waals surface area contributed by atoms with Crippen molar-refractivity contribution in [2.24, 2.45) is 0 Å². The van der Waals surface area contributed by atoms with Crippen LogP contribution >= 0.6 is 0 Å². The van der Waals surface area contributed by atoms with Crippen LogP contribution in [0.4, 0.5) is 22.7 Å². The van der Waals surface area contributed by atoms with Gasteiger partial charge in [0.2, 0.25) is 0 Å². The molecule has 0 aliphatic carbocycles. The second kappa shape index (κ2) is 11.9. The minimum atomic E-state index is -1.08. The first kappa shape index (κ1) is 27.6. The molecule has 0 N–H and O–H groups in total. The van der Waals surface area contributed by atoms with Crippen LogP contribution in [0, 0.1) is 20.2 Å². The summed E-state index contributed by atoms with van der Waals surface area (Å²) in [7, 11) is 0. The third-order valence-electron chi connectivity index (χ3n) is 5.28. The molecule has 0 atom stereocenters. The number of benzene rings is 3. The molecule has 3 aromatic carbocycles. The van der Waals surface area contributed by atoms with Gasteiger partial charge in [-0.3, -0.25) is 30.2 Å². The average molecular weight is 554 g/mol. The Kier molecular flexibility index (Phi) is 8.63. The Morgan fingerprint density at radius 3 is 2.18 bits per heavy atom. The van der Waals surface area contributed by atoms with E-state index in [0.29, 0.717) is 16.6 Å². The molecule has 5 aromatic rings. The number of non-ortho nitro benzene ring substituents is 1. The van der Waals surface area contributed by atoms with Gasteiger partial charge in [0.25, 0.3) is 11.4 Å². The second-order valence-electron chi connectivity index (χ2n) is 7.68. The molecule has 38 heavy (non-hydrogen) atoms. The average Bonchev–Trinajstić information content (AvgIpc) is 2.88. The van der Waals surface area contributed by atoms with Crippen LogP contribution in [0.25, 0.3) is 38.2 Å². The van der Waals surface area contributed by atoms with Gasteiger partial charge in [-0.15, -0.1) is 5.69 Å². The van der Waals surface area contributed by atoms with Crippen LogP contribution in [0.3, 0.4) is 0 Å². The van der Waals surface area contributed by atoms with Gasteiger partial charge >= 0.3 is 16.8 Å². The maximum absolute atomic E-state index is 11.9. The summed E-state index contributed by atoms with van der Waals surface area (Å²) < 4.78 is 0. The third kappa shape index (κ3) is 5.72. The zero-order valence-corrected chi connectivity index (χ0v) is 20.6. The normalized spacial score (nSPS) is 10.1. The summed E-state index contributed by atoms with van der Waals surface area (Å²) in [4.78, 5) is 39.6. The van der Waals surface area contributed by atoms with Crippen molar-refractivity contribution < 1.29 is 36.5 Å². The third-order valence-corrected chi connectivity index (χ3v) is 5.28. The Morgan fingerprint density at radius 2 is 1.53 bits per heavy atom. The number of carboxylic acids is 1. The summed E-state index contributed by atoms with van der Waals surface area (Å²) in [6.45, 7) is 0.972. The van der Waals surface area contributed by atoms with Crippen molar-refractivity contribution in [3.8, 4) is 11.1 Å². The van der Waals surface area contributed by atoms with Gasteiger partial charge in [-0.1, -0.05) is 42.5 Å². The zero-order chi connectivity index (χ0) is 26.5. The monoisotopic (exact) mass is 554 g/mol. The zero-order valence-electron chi connectivity index (χ0n) is 19.6. The van der Waals surface area contributed by atoms with Gasteiger partial charge in [-0.05, 0) is 53.4 Å². The van der Waals surface area contributed by atoms with E-state index in [0.717, 1.165) is 24.1 Å². The van der Waals surface area contributed by atoms with Gasteiger partial charge in [0, 0.05) is 18.4 Å². The maximum atomic E-state index is 11.9. The topological polar surface area (TPSA) is 166 Å². The van der Waals surface area contributed by atoms with Gasteiger partial charge in [0.15, 0.2) is 0 Å². The molecule has 2 aromatic heterocycles. The Morgan fingerprint density at radius 1 is 0.842 bits per heavy atom. The van der Waals surface area contributed by atoms with E-state index < -0.39 is 27.2 Å². The van der Waals surface area contributed by atoms with Crippen LogP contribution in [0.15, 0.2) is 85.2 Å². The Bertz CT molecular complexity index is 1650. The van der Waals surface area contributed by atoms with Gasteiger partial charge in [0.1, 0.15) is 0 Å². The quantitative estimate of drug-likeness (QED) is 0.207. The first-order chi connectivity index (χ1) is 17.8. The van der Waals surface area contributed by atoms with Crippen molar-refractivity contribution in [2.75, 3.05) is 0 Å². The van der Waals surface area contributed by atoms with E-state index in [4.69, 9.17) is 9.90 Å². The molecular weight excluding hydrogens is 537 g/mol. The molecule has 11 nitrogen and oxygen atoms in total. The van der Waals surface area contributed by atoms with Crippen LogP contribution in [0.5, 0.6) is 0 Å². The van der Waals surface area contributed by atoms with Crippen LogP contribution < -0.4 is 5.11 Å². The van der Waals surface area contributed by atoms with Crippen molar-refractivity contribution in [1.29, 1.82) is 0 Å². The van der Waals surface area contributed by atoms with E-state index in [1.54, 1.807) is 24.4 Å². The molecule has 2 heterocycles. The Balaban J connectivity index is 0.000000749. The van der Waals surface area contributed by atoms with Crippen molar-refractivity contribution in [3.05, 3.63) is 111 Å². The molecule has 0 saturated carbocycles. The number of aliphatic carboxylic acids is 1. The molecule has 0 aliphatic rings. The molecule has 0 bridgehead atoms. The molecule has 1 radical (unpaired) electrons. The molecule has 0 saturated heterocycles. The number of nitrogens with zero attached hydrogens (tertiary/aromatic N) is 5. The second-order valence-corrected chi connectivity index (χ2v) is 7.68. The number of fused-ring (bicyclic) bond motifs is 2. The van der Waals surface area contributed by atoms with Gasteiger partial charge in [-0.2, -0.15) is 0 Å². The van der Waals surface area contributed by atoms with Gasteiger partial charge in [0.05, 0.1) is 32.3 Å². The Labute approximate surface area is 225 Å². The number of carbonyl (C=O) groups is 1. The smallest absolute Gasteiger partial charge is 0.650 e. The number of hydrogen-bond acceptors (Lipinski definition) is 8. The molecule has 0 spiro atoms. The first-order valence-electron chi connectivity index (χ1n) is 10.8. The summed E-state index contributed by atoms with van der Waals surface area (Å²) >= 11 is 0. The summed E-state index contributed by atoms with van der Waals surface area (Å²) in [6.07, 6.45) is 3.12. The minimum Gasteiger partial charge on any atom is -0.650 e. The molecule has 191 valence electrons. The molecule has 5 rings (SSSR count). The largest absolute Gasteiger partial charge is 2.00 e. The van der Waals surface area contributed by atoms with Gasteiger partial charge in [-0.25, -0.2) is 0 Å². The van der Waals surface area contributed by atoms with E-state index in [2.05, 4.69) is 15.3 Å². The molecule has 0 fully saturated rings. The minimum absolute atomic E-state index is 0. The number of carbonyl (C=O) groups excluding carboxylic acids is 1. The summed E-state index contributed by atoms with van der Waals surface area (Å²) in [5, 5.41) is 37.8. The predicted octanol–water partition coefficient (Wildman–Crippen LogP) is 5.36. The number of rotatable bonds is 5. The number of hydrogen-bond donors (Lipinski definition) is 0. The molecular formula is C26H17CoN5O6. The molecule has 0 unspecified atom stereocenters.